The van der Waals surface area contributed by atoms with Crippen LogP contribution in [-0.2, 0) is 11.3 Å². The summed E-state index contributed by atoms with van der Waals surface area (Å²) in [5.41, 5.74) is 3.37. The quantitative estimate of drug-likeness (QED) is 0.471. The molecule has 0 radical (unpaired) electrons. The molecule has 3 aromatic heterocycles. The molecule has 0 aliphatic rings. The number of hydrogen-bond acceptors (Lipinski definition) is 6. The average molecular weight is 378 g/mol. The van der Waals surface area contributed by atoms with E-state index in [2.05, 4.69) is 10.1 Å². The molecule has 7 nitrogen and oxygen atoms in total. The van der Waals surface area contributed by atoms with Crippen LogP contribution in [0.25, 0.3) is 22.1 Å². The summed E-state index contributed by atoms with van der Waals surface area (Å²) < 4.78 is 12.9. The van der Waals surface area contributed by atoms with E-state index in [-0.39, 0.29) is 18.6 Å². The Morgan fingerprint density at radius 1 is 1.18 bits per heavy atom. The summed E-state index contributed by atoms with van der Waals surface area (Å²) in [6.45, 7) is 8.10. The Balaban J connectivity index is 1.65. The van der Waals surface area contributed by atoms with Crippen molar-refractivity contribution in [3.8, 4) is 0 Å². The lowest BCUT2D eigenvalue weighted by Crippen LogP contribution is -2.10. The fourth-order valence-corrected chi connectivity index (χ4v) is 3.07. The third-order valence-corrected chi connectivity index (χ3v) is 4.55. The maximum atomic E-state index is 12.8. The minimum absolute atomic E-state index is 0.0351. The van der Waals surface area contributed by atoms with E-state index in [4.69, 9.17) is 14.1 Å². The largest absolute Gasteiger partial charge is 0.452 e. The van der Waals surface area contributed by atoms with Crippen molar-refractivity contribution in [3.63, 3.8) is 0 Å². The van der Waals surface area contributed by atoms with Crippen LogP contribution in [0.15, 0.2) is 40.9 Å². The third-order valence-electron chi connectivity index (χ3n) is 4.55. The zero-order valence-electron chi connectivity index (χ0n) is 16.3. The molecule has 0 bridgehead atoms. The maximum absolute atomic E-state index is 12.8. The number of carbonyl (C=O) groups excluding carboxylic acids is 1. The highest BCUT2D eigenvalue weighted by Crippen LogP contribution is 2.25. The van der Waals surface area contributed by atoms with E-state index in [0.717, 1.165) is 11.2 Å². The maximum Gasteiger partial charge on any atom is 0.339 e. The minimum Gasteiger partial charge on any atom is -0.452 e. The van der Waals surface area contributed by atoms with Crippen LogP contribution in [0.3, 0.4) is 0 Å². The van der Waals surface area contributed by atoms with Gasteiger partial charge in [0, 0.05) is 11.7 Å². The summed E-state index contributed by atoms with van der Waals surface area (Å²) in [7, 11) is 0. The van der Waals surface area contributed by atoms with E-state index in [9.17, 15) is 4.79 Å². The van der Waals surface area contributed by atoms with Crippen LogP contribution in [-0.4, -0.2) is 25.7 Å². The van der Waals surface area contributed by atoms with E-state index in [1.54, 1.807) is 12.3 Å². The molecule has 0 unspecified atom stereocenters. The molecule has 0 saturated heterocycles. The van der Waals surface area contributed by atoms with Crippen LogP contribution < -0.4 is 0 Å². The first-order valence-corrected chi connectivity index (χ1v) is 9.33. The molecule has 7 heteroatoms. The van der Waals surface area contributed by atoms with Crippen molar-refractivity contribution in [2.45, 2.75) is 46.3 Å². The highest BCUT2D eigenvalue weighted by Gasteiger charge is 2.20. The highest BCUT2D eigenvalue weighted by atomic mass is 16.5. The molecular weight excluding hydrogens is 356 g/mol. The number of esters is 1. The van der Waals surface area contributed by atoms with Gasteiger partial charge in [0.1, 0.15) is 5.52 Å². The Hall–Kier alpha value is -3.22. The fraction of sp³-hybridized carbons (Fsp3) is 0.333. The smallest absolute Gasteiger partial charge is 0.339 e. The van der Waals surface area contributed by atoms with E-state index >= 15 is 0 Å². The lowest BCUT2D eigenvalue weighted by molar-refractivity contribution is 0.0442. The molecule has 0 amide bonds. The molecule has 0 atom stereocenters. The number of fused-ring (bicyclic) bond motifs is 2. The van der Waals surface area contributed by atoms with Gasteiger partial charge in [0.25, 0.3) is 0 Å². The summed E-state index contributed by atoms with van der Waals surface area (Å²) in [6.07, 6.45) is 1.67. The zero-order chi connectivity index (χ0) is 19.8. The van der Waals surface area contributed by atoms with Gasteiger partial charge in [0.05, 0.1) is 17.1 Å². The van der Waals surface area contributed by atoms with E-state index in [1.807, 2.05) is 56.6 Å². The van der Waals surface area contributed by atoms with Crippen molar-refractivity contribution in [2.24, 2.45) is 0 Å². The van der Waals surface area contributed by atoms with E-state index in [1.165, 1.54) is 0 Å². The molecule has 4 rings (SSSR count). The van der Waals surface area contributed by atoms with Crippen LogP contribution in [0, 0.1) is 0 Å². The number of pyridine rings is 1. The first kappa shape index (κ1) is 18.2. The van der Waals surface area contributed by atoms with E-state index < -0.39 is 5.97 Å². The first-order valence-electron chi connectivity index (χ1n) is 9.33. The Morgan fingerprint density at radius 2 is 1.96 bits per heavy atom. The minimum atomic E-state index is -0.445. The predicted octanol–water partition coefficient (Wildman–Crippen LogP) is 4.63. The molecule has 0 spiro atoms. The highest BCUT2D eigenvalue weighted by molar-refractivity contribution is 6.02. The molecule has 0 aliphatic heterocycles. The third kappa shape index (κ3) is 3.24. The number of oxazole rings is 1. The lowest BCUT2D eigenvalue weighted by Gasteiger charge is -2.11. The summed E-state index contributed by atoms with van der Waals surface area (Å²) >= 11 is 0. The molecule has 144 valence electrons. The van der Waals surface area contributed by atoms with Crippen molar-refractivity contribution in [1.82, 2.24) is 19.7 Å². The van der Waals surface area contributed by atoms with Crippen molar-refractivity contribution in [3.05, 3.63) is 53.7 Å². The Morgan fingerprint density at radius 3 is 2.68 bits per heavy atom. The Bertz CT molecular complexity index is 1120. The van der Waals surface area contributed by atoms with Crippen molar-refractivity contribution in [2.75, 3.05) is 0 Å². The van der Waals surface area contributed by atoms with Gasteiger partial charge in [-0.1, -0.05) is 26.0 Å². The van der Waals surface area contributed by atoms with Gasteiger partial charge in [0.2, 0.25) is 5.89 Å². The number of nitrogens with zero attached hydrogens (tertiary/aromatic N) is 4. The monoisotopic (exact) mass is 378 g/mol. The lowest BCUT2D eigenvalue weighted by atomic mass is 10.1. The molecule has 0 saturated carbocycles. The van der Waals surface area contributed by atoms with Gasteiger partial charge in [-0.2, -0.15) is 5.10 Å². The van der Waals surface area contributed by atoms with Crippen LogP contribution in [0.1, 0.15) is 61.6 Å². The fourth-order valence-electron chi connectivity index (χ4n) is 3.07. The van der Waals surface area contributed by atoms with E-state index in [0.29, 0.717) is 28.1 Å². The number of rotatable bonds is 5. The summed E-state index contributed by atoms with van der Waals surface area (Å²) in [5, 5.41) is 5.08. The number of aromatic nitrogens is 4. The number of benzene rings is 1. The molecule has 1 aromatic carbocycles. The summed E-state index contributed by atoms with van der Waals surface area (Å²) in [4.78, 5) is 21.9. The van der Waals surface area contributed by atoms with Crippen LogP contribution in [0.4, 0.5) is 0 Å². The molecule has 0 aliphatic carbocycles. The van der Waals surface area contributed by atoms with Crippen LogP contribution in [0.2, 0.25) is 0 Å². The predicted molar refractivity (Wildman–Crippen MR) is 105 cm³/mol. The molecule has 3 heterocycles. The molecule has 0 N–H and O–H groups in total. The zero-order valence-corrected chi connectivity index (χ0v) is 16.3. The van der Waals surface area contributed by atoms with Gasteiger partial charge in [0.15, 0.2) is 17.8 Å². The van der Waals surface area contributed by atoms with Crippen LogP contribution in [0.5, 0.6) is 0 Å². The molecule has 28 heavy (non-hydrogen) atoms. The van der Waals surface area contributed by atoms with Gasteiger partial charge in [-0.3, -0.25) is 0 Å². The number of ether oxygens (including phenoxy) is 1. The second kappa shape index (κ2) is 7.07. The summed E-state index contributed by atoms with van der Waals surface area (Å²) in [5.74, 6) is 0.0881. The van der Waals surface area contributed by atoms with Crippen molar-refractivity contribution >= 4 is 28.1 Å². The normalized spacial score (nSPS) is 11.8. The molecule has 0 fully saturated rings. The van der Waals surface area contributed by atoms with Crippen LogP contribution >= 0.6 is 0 Å². The molecule has 4 aromatic rings. The Labute approximate surface area is 162 Å². The summed E-state index contributed by atoms with van der Waals surface area (Å²) in [6, 6.07) is 9.36. The van der Waals surface area contributed by atoms with Crippen molar-refractivity contribution < 1.29 is 13.9 Å². The number of carbonyl (C=O) groups is 1. The second-order valence-electron chi connectivity index (χ2n) is 7.32. The van der Waals surface area contributed by atoms with Gasteiger partial charge < -0.3 is 9.15 Å². The second-order valence-corrected chi connectivity index (χ2v) is 7.32. The SMILES string of the molecule is CC(C)c1cc(C(=O)OCc2nc3ccccc3o2)c2cnn(C(C)C)c2n1. The first-order chi connectivity index (χ1) is 13.4. The number of para-hydroxylation sites is 2. The van der Waals surface area contributed by atoms with Gasteiger partial charge in [-0.05, 0) is 38.0 Å². The standard InChI is InChI=1S/C21H22N4O3/c1-12(2)17-9-14(15-10-22-25(13(3)4)20(15)24-17)21(26)27-11-19-23-16-7-5-6-8-18(16)28-19/h5-10,12-13H,11H2,1-4H3. The van der Waals surface area contributed by atoms with Gasteiger partial charge in [-0.25, -0.2) is 19.4 Å². The topological polar surface area (TPSA) is 83.0 Å². The Kier molecular flexibility index (Phi) is 4.58. The number of hydrogen-bond donors (Lipinski definition) is 0. The van der Waals surface area contributed by atoms with Gasteiger partial charge >= 0.3 is 5.97 Å². The molecular formula is C21H22N4O3. The average Bonchev–Trinajstić information content (AvgIpc) is 3.28. The van der Waals surface area contributed by atoms with Gasteiger partial charge in [-0.15, -0.1) is 0 Å². The van der Waals surface area contributed by atoms with Crippen molar-refractivity contribution in [1.29, 1.82) is 0 Å².